The molecule has 5 aromatic rings. The molecule has 0 amide bonds. The first kappa shape index (κ1) is 27.3. The Kier molecular flexibility index (Phi) is 7.03. The number of rotatable bonds is 10. The number of ether oxygens (including phenoxy) is 2. The number of fused-ring (bicyclic) bond motifs is 2. The summed E-state index contributed by atoms with van der Waals surface area (Å²) in [6, 6.07) is 17.6. The Labute approximate surface area is 255 Å². The number of hydrogen-bond donors (Lipinski definition) is 1. The van der Waals surface area contributed by atoms with Crippen molar-refractivity contribution in [2.75, 3.05) is 19.7 Å². The first-order valence-electron chi connectivity index (χ1n) is 15.7. The van der Waals surface area contributed by atoms with E-state index in [2.05, 4.69) is 27.7 Å². The highest BCUT2D eigenvalue weighted by molar-refractivity contribution is 5.92. The molecule has 1 N–H and O–H groups in total. The molecule has 0 radical (unpaired) electrons. The van der Waals surface area contributed by atoms with Crippen LogP contribution in [-0.2, 0) is 24.4 Å². The third kappa shape index (κ3) is 5.44. The predicted molar refractivity (Wildman–Crippen MR) is 164 cm³/mol. The molecule has 0 unspecified atom stereocenters. The number of aromatic nitrogens is 5. The summed E-state index contributed by atoms with van der Waals surface area (Å²) in [5.41, 5.74) is 6.45. The number of aromatic carboxylic acids is 1. The molecule has 3 aliphatic rings. The number of likely N-dealkylation sites (tertiary alicyclic amines) is 1. The van der Waals surface area contributed by atoms with Crippen molar-refractivity contribution in [1.82, 2.24) is 29.0 Å². The summed E-state index contributed by atoms with van der Waals surface area (Å²) >= 11 is 0. The Hall–Kier alpha value is -4.28. The van der Waals surface area contributed by atoms with Crippen LogP contribution in [0.5, 0.6) is 5.88 Å². The minimum Gasteiger partial charge on any atom is -0.478 e. The van der Waals surface area contributed by atoms with Crippen molar-refractivity contribution >= 4 is 22.5 Å². The van der Waals surface area contributed by atoms with Gasteiger partial charge in [-0.25, -0.2) is 19.3 Å². The predicted octanol–water partition coefficient (Wildman–Crippen LogP) is 5.40. The summed E-state index contributed by atoms with van der Waals surface area (Å²) in [6.07, 6.45) is 7.65. The molecule has 1 aliphatic carbocycles. The highest BCUT2D eigenvalue weighted by Crippen LogP contribution is 2.39. The van der Waals surface area contributed by atoms with E-state index in [1.165, 1.54) is 18.5 Å². The number of pyridine rings is 2. The molecular formula is C34H36N6O4. The first-order chi connectivity index (χ1) is 21.6. The van der Waals surface area contributed by atoms with E-state index in [-0.39, 0.29) is 11.7 Å². The van der Waals surface area contributed by atoms with Crippen molar-refractivity contribution in [2.45, 2.75) is 69.7 Å². The fourth-order valence-electron chi connectivity index (χ4n) is 6.53. The van der Waals surface area contributed by atoms with Gasteiger partial charge in [-0.15, -0.1) is 0 Å². The quantitative estimate of drug-likeness (QED) is 0.230. The molecular weight excluding hydrogens is 556 g/mol. The number of carboxylic acids is 1. The Balaban J connectivity index is 0.925. The SMILES string of the molecule is O=C(O)c1ccc2nc(CN3CCC(c4cccc(OCc5cccn6nc(C7CC7)cc56)n4)CC3)n(C[C@@H]3CCO3)c2c1. The minimum atomic E-state index is -0.926. The fourth-order valence-corrected chi connectivity index (χ4v) is 6.53. The Morgan fingerprint density at radius 2 is 1.77 bits per heavy atom. The molecule has 1 saturated carbocycles. The lowest BCUT2D eigenvalue weighted by molar-refractivity contribution is -0.0592. The van der Waals surface area contributed by atoms with Crippen LogP contribution in [0, 0.1) is 0 Å². The summed E-state index contributed by atoms with van der Waals surface area (Å²) in [6.45, 7) is 4.52. The summed E-state index contributed by atoms with van der Waals surface area (Å²) in [7, 11) is 0. The third-order valence-corrected chi connectivity index (χ3v) is 9.35. The normalized spacial score (nSPS) is 19.4. The molecule has 10 heteroatoms. The molecule has 1 aromatic carbocycles. The van der Waals surface area contributed by atoms with E-state index in [1.54, 1.807) is 12.1 Å². The van der Waals surface area contributed by atoms with Gasteiger partial charge in [0.05, 0.1) is 47.0 Å². The molecule has 1 atom stereocenters. The second kappa shape index (κ2) is 11.3. The second-order valence-electron chi connectivity index (χ2n) is 12.4. The molecule has 0 spiro atoms. The van der Waals surface area contributed by atoms with Gasteiger partial charge in [0, 0.05) is 42.0 Å². The van der Waals surface area contributed by atoms with Crippen LogP contribution in [0.15, 0.2) is 60.8 Å². The van der Waals surface area contributed by atoms with Crippen LogP contribution in [0.3, 0.4) is 0 Å². The van der Waals surface area contributed by atoms with Gasteiger partial charge in [0.1, 0.15) is 12.4 Å². The molecule has 2 aliphatic heterocycles. The number of imidazole rings is 1. The smallest absolute Gasteiger partial charge is 0.335 e. The Morgan fingerprint density at radius 1 is 0.932 bits per heavy atom. The lowest BCUT2D eigenvalue weighted by Gasteiger charge is -2.32. The molecule has 44 heavy (non-hydrogen) atoms. The number of carboxylic acid groups (broad SMARTS) is 1. The van der Waals surface area contributed by atoms with Crippen LogP contribution in [0.1, 0.15) is 77.1 Å². The largest absolute Gasteiger partial charge is 0.478 e. The highest BCUT2D eigenvalue weighted by atomic mass is 16.5. The van der Waals surface area contributed by atoms with Crippen LogP contribution in [-0.4, -0.2) is 65.9 Å². The van der Waals surface area contributed by atoms with Crippen molar-refractivity contribution in [3.8, 4) is 5.88 Å². The van der Waals surface area contributed by atoms with Gasteiger partial charge in [-0.1, -0.05) is 12.1 Å². The molecule has 2 saturated heterocycles. The zero-order valence-electron chi connectivity index (χ0n) is 24.6. The van der Waals surface area contributed by atoms with Crippen LogP contribution in [0.25, 0.3) is 16.6 Å². The van der Waals surface area contributed by atoms with Crippen molar-refractivity contribution in [3.63, 3.8) is 0 Å². The molecule has 4 aromatic heterocycles. The standard InChI is InChI=1S/C34H36N6O4/c41-34(42)24-8-9-28-31(17-24)39(19-26-12-16-43-26)32(35-28)20-38-14-10-23(11-15-38)27-4-1-5-33(36-27)44-21-25-3-2-13-40-30(25)18-29(37-40)22-6-7-22/h1-5,8-9,13,17-18,22-23,26H,6-7,10-12,14-16,19-21H2,(H,41,42)/t26-/m0/s1. The molecule has 226 valence electrons. The van der Waals surface area contributed by atoms with Gasteiger partial charge < -0.3 is 19.1 Å². The zero-order chi connectivity index (χ0) is 29.6. The van der Waals surface area contributed by atoms with Crippen molar-refractivity contribution in [3.05, 3.63) is 89.1 Å². The molecule has 3 fully saturated rings. The summed E-state index contributed by atoms with van der Waals surface area (Å²) < 4.78 is 16.1. The van der Waals surface area contributed by atoms with Gasteiger partial charge in [-0.2, -0.15) is 5.10 Å². The molecule has 8 rings (SSSR count). The first-order valence-corrected chi connectivity index (χ1v) is 15.7. The number of hydrogen-bond acceptors (Lipinski definition) is 7. The van der Waals surface area contributed by atoms with E-state index in [9.17, 15) is 9.90 Å². The molecule has 0 bridgehead atoms. The number of nitrogens with zero attached hydrogens (tertiary/aromatic N) is 6. The van der Waals surface area contributed by atoms with Crippen molar-refractivity contribution in [2.24, 2.45) is 0 Å². The van der Waals surface area contributed by atoms with E-state index in [0.717, 1.165) is 79.1 Å². The van der Waals surface area contributed by atoms with Crippen LogP contribution < -0.4 is 4.74 Å². The van der Waals surface area contributed by atoms with E-state index in [0.29, 0.717) is 30.9 Å². The van der Waals surface area contributed by atoms with Crippen LogP contribution in [0.4, 0.5) is 0 Å². The van der Waals surface area contributed by atoms with Crippen molar-refractivity contribution < 1.29 is 19.4 Å². The van der Waals surface area contributed by atoms with E-state index >= 15 is 0 Å². The molecule has 6 heterocycles. The lowest BCUT2D eigenvalue weighted by atomic mass is 9.93. The van der Waals surface area contributed by atoms with E-state index in [1.807, 2.05) is 35.0 Å². The van der Waals surface area contributed by atoms with E-state index in [4.69, 9.17) is 24.5 Å². The Bertz CT molecular complexity index is 1830. The van der Waals surface area contributed by atoms with Gasteiger partial charge in [0.25, 0.3) is 0 Å². The van der Waals surface area contributed by atoms with Gasteiger partial charge >= 0.3 is 5.97 Å². The van der Waals surface area contributed by atoms with Crippen LogP contribution in [0.2, 0.25) is 0 Å². The molecule has 10 nitrogen and oxygen atoms in total. The average Bonchev–Trinajstić information content (AvgIpc) is 3.69. The van der Waals surface area contributed by atoms with Gasteiger partial charge in [-0.3, -0.25) is 4.90 Å². The summed E-state index contributed by atoms with van der Waals surface area (Å²) in [5, 5.41) is 14.3. The fraction of sp³-hybridized carbons (Fsp3) is 0.412. The average molecular weight is 593 g/mol. The minimum absolute atomic E-state index is 0.152. The summed E-state index contributed by atoms with van der Waals surface area (Å²) in [5.74, 6) is 1.67. The maximum atomic E-state index is 11.6. The maximum absolute atomic E-state index is 11.6. The summed E-state index contributed by atoms with van der Waals surface area (Å²) in [4.78, 5) is 23.9. The van der Waals surface area contributed by atoms with Gasteiger partial charge in [-0.05, 0) is 81.6 Å². The van der Waals surface area contributed by atoms with E-state index < -0.39 is 5.97 Å². The Morgan fingerprint density at radius 3 is 2.55 bits per heavy atom. The van der Waals surface area contributed by atoms with Crippen molar-refractivity contribution in [1.29, 1.82) is 0 Å². The van der Waals surface area contributed by atoms with Gasteiger partial charge in [0.15, 0.2) is 0 Å². The number of carbonyl (C=O) groups is 1. The highest BCUT2D eigenvalue weighted by Gasteiger charge is 2.28. The monoisotopic (exact) mass is 592 g/mol. The van der Waals surface area contributed by atoms with Gasteiger partial charge in [0.2, 0.25) is 5.88 Å². The number of piperidine rings is 1. The third-order valence-electron chi connectivity index (χ3n) is 9.35. The second-order valence-corrected chi connectivity index (χ2v) is 12.4. The zero-order valence-corrected chi connectivity index (χ0v) is 24.6. The maximum Gasteiger partial charge on any atom is 0.335 e. The van der Waals surface area contributed by atoms with Crippen LogP contribution >= 0.6 is 0 Å². The number of benzene rings is 1. The lowest BCUT2D eigenvalue weighted by Crippen LogP contribution is -2.35. The topological polar surface area (TPSA) is 107 Å².